The topological polar surface area (TPSA) is 26.0 Å². The molecule has 2 rings (SSSR count). The molecule has 2 aromatic rings. The first-order valence-electron chi connectivity index (χ1n) is 4.80. The van der Waals surface area contributed by atoms with Gasteiger partial charge in [0.1, 0.15) is 5.69 Å². The van der Waals surface area contributed by atoms with Crippen molar-refractivity contribution in [3.05, 3.63) is 40.1 Å². The van der Waals surface area contributed by atoms with Gasteiger partial charge in [-0.1, -0.05) is 21.1 Å². The van der Waals surface area contributed by atoms with E-state index in [1.807, 2.05) is 0 Å². The molecule has 0 atom stereocenters. The zero-order chi connectivity index (χ0) is 13.3. The smallest absolute Gasteiger partial charge is 0.359 e. The molecule has 0 spiro atoms. The van der Waals surface area contributed by atoms with Crippen LogP contribution < -0.4 is 0 Å². The lowest BCUT2D eigenvalue weighted by Gasteiger charge is -2.08. The van der Waals surface area contributed by atoms with Crippen LogP contribution in [0.4, 0.5) is 13.2 Å². The molecular weight excluding hydrogens is 334 g/mol. The number of hydrogen-bond acceptors (Lipinski definition) is 2. The van der Waals surface area contributed by atoms with E-state index in [9.17, 15) is 13.2 Å². The first-order valence-corrected chi connectivity index (χ1v) is 6.12. The summed E-state index contributed by atoms with van der Waals surface area (Å²) in [6.45, 7) is 0. The van der Waals surface area contributed by atoms with Crippen LogP contribution in [0.15, 0.2) is 33.3 Å². The van der Waals surface area contributed by atoms with Gasteiger partial charge < -0.3 is 4.52 Å². The molecule has 0 aliphatic rings. The molecule has 0 N–H and O–H groups in total. The van der Waals surface area contributed by atoms with Crippen LogP contribution in [0.1, 0.15) is 11.3 Å². The highest BCUT2D eigenvalue weighted by atomic mass is 79.9. The quantitative estimate of drug-likeness (QED) is 0.730. The third kappa shape index (κ3) is 2.87. The van der Waals surface area contributed by atoms with E-state index in [1.165, 1.54) is 12.1 Å². The van der Waals surface area contributed by atoms with Gasteiger partial charge in [0.15, 0.2) is 5.76 Å². The molecule has 0 aliphatic carbocycles. The minimum Gasteiger partial charge on any atom is -0.359 e. The lowest BCUT2D eigenvalue weighted by Crippen LogP contribution is -2.04. The van der Waals surface area contributed by atoms with Crippen LogP contribution in [-0.4, -0.2) is 5.16 Å². The van der Waals surface area contributed by atoms with Crippen molar-refractivity contribution >= 4 is 27.5 Å². The van der Waals surface area contributed by atoms with Gasteiger partial charge in [-0.15, -0.1) is 11.6 Å². The fraction of sp³-hybridized carbons (Fsp3) is 0.182. The van der Waals surface area contributed by atoms with Crippen molar-refractivity contribution in [1.29, 1.82) is 0 Å². The van der Waals surface area contributed by atoms with Crippen LogP contribution in [0.3, 0.4) is 0 Å². The summed E-state index contributed by atoms with van der Waals surface area (Å²) in [4.78, 5) is 0. The summed E-state index contributed by atoms with van der Waals surface area (Å²) in [5.74, 6) is 0.521. The molecule has 0 amide bonds. The maximum Gasteiger partial charge on any atom is 0.416 e. The first kappa shape index (κ1) is 13.4. The van der Waals surface area contributed by atoms with E-state index in [0.717, 1.165) is 12.1 Å². The van der Waals surface area contributed by atoms with E-state index in [-0.39, 0.29) is 5.88 Å². The number of nitrogens with zero attached hydrogens (tertiary/aromatic N) is 1. The second-order valence-electron chi connectivity index (χ2n) is 3.54. The molecule has 0 radical (unpaired) electrons. The molecule has 0 saturated heterocycles. The van der Waals surface area contributed by atoms with Gasteiger partial charge >= 0.3 is 6.18 Å². The van der Waals surface area contributed by atoms with E-state index >= 15 is 0 Å². The van der Waals surface area contributed by atoms with E-state index in [0.29, 0.717) is 21.5 Å². The molecule has 0 unspecified atom stereocenters. The number of alkyl halides is 4. The molecule has 18 heavy (non-hydrogen) atoms. The number of halogens is 5. The Labute approximate surface area is 114 Å². The van der Waals surface area contributed by atoms with Crippen molar-refractivity contribution < 1.29 is 17.7 Å². The molecule has 0 bridgehead atoms. The number of rotatable bonds is 2. The number of hydrogen-bond donors (Lipinski definition) is 0. The molecule has 1 aromatic heterocycles. The fourth-order valence-corrected chi connectivity index (χ4v) is 2.03. The Balaban J connectivity index is 2.48. The Hall–Kier alpha value is -1.01. The van der Waals surface area contributed by atoms with E-state index in [2.05, 4.69) is 21.1 Å². The van der Waals surface area contributed by atoms with Gasteiger partial charge in [0.25, 0.3) is 0 Å². The second kappa shape index (κ2) is 4.93. The van der Waals surface area contributed by atoms with Gasteiger partial charge in [0, 0.05) is 16.1 Å². The summed E-state index contributed by atoms with van der Waals surface area (Å²) >= 11 is 8.58. The molecule has 0 aliphatic heterocycles. The van der Waals surface area contributed by atoms with Crippen molar-refractivity contribution in [3.8, 4) is 11.3 Å². The highest BCUT2D eigenvalue weighted by Gasteiger charge is 2.31. The molecule has 0 saturated carbocycles. The van der Waals surface area contributed by atoms with Crippen molar-refractivity contribution in [2.45, 2.75) is 12.1 Å². The van der Waals surface area contributed by atoms with Gasteiger partial charge in [0.2, 0.25) is 0 Å². The Morgan fingerprint density at radius 2 is 1.94 bits per heavy atom. The average Bonchev–Trinajstić information content (AvgIpc) is 2.75. The zero-order valence-corrected chi connectivity index (χ0v) is 11.1. The monoisotopic (exact) mass is 339 g/mol. The van der Waals surface area contributed by atoms with E-state index < -0.39 is 11.7 Å². The van der Waals surface area contributed by atoms with Crippen molar-refractivity contribution in [2.75, 3.05) is 0 Å². The van der Waals surface area contributed by atoms with Crippen molar-refractivity contribution in [2.24, 2.45) is 0 Å². The molecule has 0 fully saturated rings. The maximum atomic E-state index is 12.6. The largest absolute Gasteiger partial charge is 0.416 e. The minimum atomic E-state index is -4.41. The van der Waals surface area contributed by atoms with Crippen LogP contribution >= 0.6 is 27.5 Å². The van der Waals surface area contributed by atoms with Gasteiger partial charge in [0.05, 0.1) is 11.4 Å². The molecule has 2 nitrogen and oxygen atoms in total. The molecule has 1 aromatic carbocycles. The fourth-order valence-electron chi connectivity index (χ4n) is 1.41. The summed E-state index contributed by atoms with van der Waals surface area (Å²) in [7, 11) is 0. The summed E-state index contributed by atoms with van der Waals surface area (Å²) in [6, 6.07) is 5.06. The van der Waals surface area contributed by atoms with Gasteiger partial charge in [-0.25, -0.2) is 0 Å². The van der Waals surface area contributed by atoms with Crippen LogP contribution in [0, 0.1) is 0 Å². The maximum absolute atomic E-state index is 12.6. The van der Waals surface area contributed by atoms with E-state index in [4.69, 9.17) is 16.1 Å². The van der Waals surface area contributed by atoms with Crippen LogP contribution in [0.5, 0.6) is 0 Å². The summed E-state index contributed by atoms with van der Waals surface area (Å²) < 4.78 is 43.1. The third-order valence-electron chi connectivity index (χ3n) is 2.21. The standard InChI is InChI=1S/C11H6BrClF3NO/c12-8-2-6(1-7(3-8)11(14,15)16)10-4-9(5-13)18-17-10/h1-4H,5H2. The van der Waals surface area contributed by atoms with Crippen molar-refractivity contribution in [1.82, 2.24) is 5.16 Å². The average molecular weight is 341 g/mol. The lowest BCUT2D eigenvalue weighted by atomic mass is 10.1. The highest BCUT2D eigenvalue weighted by Crippen LogP contribution is 2.34. The predicted octanol–water partition coefficient (Wildman–Crippen LogP) is 4.86. The Morgan fingerprint density at radius 3 is 2.50 bits per heavy atom. The Morgan fingerprint density at radius 1 is 1.22 bits per heavy atom. The van der Waals surface area contributed by atoms with E-state index in [1.54, 1.807) is 0 Å². The highest BCUT2D eigenvalue weighted by molar-refractivity contribution is 9.10. The molecule has 1 heterocycles. The molecule has 96 valence electrons. The Kier molecular flexibility index (Phi) is 3.68. The summed E-state index contributed by atoms with van der Waals surface area (Å²) in [5.41, 5.74) is -0.114. The third-order valence-corrected chi connectivity index (χ3v) is 2.93. The number of benzene rings is 1. The van der Waals surface area contributed by atoms with Crippen LogP contribution in [-0.2, 0) is 12.1 Å². The second-order valence-corrected chi connectivity index (χ2v) is 4.72. The SMILES string of the molecule is FC(F)(F)c1cc(Br)cc(-c2cc(CCl)on2)c1. The van der Waals surface area contributed by atoms with Gasteiger partial charge in [-0.3, -0.25) is 0 Å². The zero-order valence-electron chi connectivity index (χ0n) is 8.76. The van der Waals surface area contributed by atoms with Crippen molar-refractivity contribution in [3.63, 3.8) is 0 Å². The summed E-state index contributed by atoms with van der Waals surface area (Å²) in [5, 5.41) is 3.67. The lowest BCUT2D eigenvalue weighted by molar-refractivity contribution is -0.137. The van der Waals surface area contributed by atoms with Crippen LogP contribution in [0.25, 0.3) is 11.3 Å². The Bertz CT molecular complexity index is 568. The normalized spacial score (nSPS) is 11.8. The van der Waals surface area contributed by atoms with Gasteiger partial charge in [-0.2, -0.15) is 13.2 Å². The summed E-state index contributed by atoms with van der Waals surface area (Å²) in [6.07, 6.45) is -4.41. The molecule has 7 heteroatoms. The van der Waals surface area contributed by atoms with Crippen LogP contribution in [0.2, 0.25) is 0 Å². The number of aromatic nitrogens is 1. The minimum absolute atomic E-state index is 0.118. The first-order chi connectivity index (χ1) is 8.40. The van der Waals surface area contributed by atoms with Gasteiger partial charge in [-0.05, 0) is 18.2 Å². The molecular formula is C11H6BrClF3NO. The predicted molar refractivity (Wildman–Crippen MR) is 64.2 cm³/mol.